The van der Waals surface area contributed by atoms with E-state index in [2.05, 4.69) is 29.1 Å². The van der Waals surface area contributed by atoms with Gasteiger partial charge in [-0.2, -0.15) is 0 Å². The Kier molecular flexibility index (Phi) is 586. The van der Waals surface area contributed by atoms with Gasteiger partial charge in [-0.3, -0.25) is 0 Å². The van der Waals surface area contributed by atoms with Gasteiger partial charge in [0.05, 0.1) is 0 Å². The third kappa shape index (κ3) is 516. The zero-order valence-electron chi connectivity index (χ0n) is 12.1. The van der Waals surface area contributed by atoms with E-state index in [1.165, 1.54) is 42.3 Å². The van der Waals surface area contributed by atoms with Crippen LogP contribution in [0.15, 0.2) is 0 Å². The zero-order valence-corrected chi connectivity index (χ0v) is 15.0. The molecular weight excluding hydrogens is 412 g/mol. The summed E-state index contributed by atoms with van der Waals surface area (Å²) >= 11 is 0. The summed E-state index contributed by atoms with van der Waals surface area (Å²) in [6, 6.07) is 0. The topological polar surface area (TPSA) is 26.2 Å². The van der Waals surface area contributed by atoms with Gasteiger partial charge in [-0.1, -0.05) is 0 Å². The van der Waals surface area contributed by atoms with E-state index >= 15 is 0 Å². The average Bonchev–Trinajstić information content (AvgIpc) is 2.23. The molecule has 0 aromatic carbocycles. The second kappa shape index (κ2) is 254. The minimum atomic E-state index is 0. The van der Waals surface area contributed by atoms with E-state index in [0.717, 1.165) is 0 Å². The maximum absolute atomic E-state index is 5.83. The molecule has 0 spiro atoms. The van der Waals surface area contributed by atoms with Crippen molar-refractivity contribution in [3.63, 3.8) is 0 Å². The third-order valence-corrected chi connectivity index (χ3v) is 0. The van der Waals surface area contributed by atoms with Gasteiger partial charge in [0, 0.05) is 21.1 Å². The molecule has 0 amide bonds. The number of hydrogen-bond acceptors (Lipinski definition) is 0. The van der Waals surface area contributed by atoms with Gasteiger partial charge >= 0.3 is 0 Å². The van der Waals surface area contributed by atoms with Crippen LogP contribution in [0.25, 0.3) is 29.1 Å². The fourth-order valence-electron chi connectivity index (χ4n) is 0. The van der Waals surface area contributed by atoms with Gasteiger partial charge in [0.25, 0.3) is 0 Å². The van der Waals surface area contributed by atoms with Crippen LogP contribution in [0, 0.1) is 39.4 Å². The van der Waals surface area contributed by atoms with Crippen molar-refractivity contribution in [3.05, 3.63) is 68.5 Å². The van der Waals surface area contributed by atoms with Crippen molar-refractivity contribution in [1.29, 1.82) is 0 Å². The molecule has 0 N–H and O–H groups in total. The Morgan fingerprint density at radius 2 is 0.368 bits per heavy atom. The minimum Gasteiger partial charge on any atom is -0.320 e. The summed E-state index contributed by atoms with van der Waals surface area (Å²) in [5.41, 5.74) is 0. The van der Waals surface area contributed by atoms with Crippen LogP contribution >= 0.6 is 0 Å². The second-order valence-corrected chi connectivity index (χ2v) is 1.34. The molecule has 0 unspecified atom stereocenters. The number of nitrogens with zero attached hydrogens (tertiary/aromatic N) is 6. The van der Waals surface area contributed by atoms with Crippen molar-refractivity contribution in [2.75, 3.05) is 42.3 Å². The zero-order chi connectivity index (χ0) is 16.2. The molecule has 0 fully saturated rings. The van der Waals surface area contributed by atoms with Crippen molar-refractivity contribution in [3.8, 4) is 0 Å². The minimum absolute atomic E-state index is 0. The van der Waals surface area contributed by atoms with Crippen molar-refractivity contribution in [2.45, 2.75) is 0 Å². The predicted octanol–water partition coefficient (Wildman–Crippen LogP) is 3.21. The van der Waals surface area contributed by atoms with E-state index in [0.29, 0.717) is 0 Å². The van der Waals surface area contributed by atoms with Crippen molar-refractivity contribution in [1.82, 2.24) is 0 Å². The normalized spacial score (nSPS) is 2.53. The molecule has 19 heavy (non-hydrogen) atoms. The van der Waals surface area contributed by atoms with Crippen LogP contribution < -0.4 is 0 Å². The van der Waals surface area contributed by atoms with E-state index < -0.39 is 0 Å². The summed E-state index contributed by atoms with van der Waals surface area (Å²) in [6.45, 7) is 35.0. The Labute approximate surface area is 132 Å². The van der Waals surface area contributed by atoms with Gasteiger partial charge in [0.1, 0.15) is 0 Å². The molecule has 0 radical (unpaired) electrons. The van der Waals surface area contributed by atoms with Crippen LogP contribution in [-0.4, -0.2) is 42.3 Å². The maximum atomic E-state index is 5.83. The summed E-state index contributed by atoms with van der Waals surface area (Å²) in [5, 5.41) is 0. The van der Waals surface area contributed by atoms with Crippen LogP contribution in [0.4, 0.5) is 0 Å². The predicted molar refractivity (Wildman–Crippen MR) is 75.2 cm³/mol. The van der Waals surface area contributed by atoms with Gasteiger partial charge in [-0.15, -0.1) is 0 Å². The molecule has 0 aliphatic heterocycles. The van der Waals surface area contributed by atoms with E-state index in [1.807, 2.05) is 0 Å². The standard InChI is InChI=1S/6C2H3N.W/c6*1-3-2;/h6*1H3;. The van der Waals surface area contributed by atoms with E-state index in [4.69, 9.17) is 39.4 Å². The Morgan fingerprint density at radius 1 is 0.368 bits per heavy atom. The third-order valence-electron chi connectivity index (χ3n) is 0. The molecule has 0 saturated heterocycles. The first-order valence-electron chi connectivity index (χ1n) is 4.02. The van der Waals surface area contributed by atoms with Gasteiger partial charge in [-0.25, -0.2) is 39.4 Å². The van der Waals surface area contributed by atoms with Crippen molar-refractivity contribution >= 4 is 0 Å². The van der Waals surface area contributed by atoms with Crippen LogP contribution in [0.1, 0.15) is 0 Å². The summed E-state index contributed by atoms with van der Waals surface area (Å²) in [7, 11) is 8.50. The Morgan fingerprint density at radius 3 is 0.368 bits per heavy atom. The monoisotopic (exact) mass is 430 g/mol. The fourth-order valence-corrected chi connectivity index (χ4v) is 0. The van der Waals surface area contributed by atoms with Crippen LogP contribution in [0.3, 0.4) is 0 Å². The molecule has 0 aliphatic rings. The molecule has 0 saturated carbocycles. The molecule has 7 heteroatoms. The molecule has 0 heterocycles. The molecule has 0 aromatic rings. The molecule has 0 atom stereocenters. The van der Waals surface area contributed by atoms with E-state index in [1.54, 1.807) is 0 Å². The van der Waals surface area contributed by atoms with Gasteiger partial charge in [0.2, 0.25) is 42.3 Å². The molecule has 0 aliphatic carbocycles. The van der Waals surface area contributed by atoms with Gasteiger partial charge in [0.15, 0.2) is 0 Å². The SMILES string of the molecule is [C-]#[N+]C.[C-]#[N+]C.[C-]#[N+]C.[C-]#[N+]C.[C-]#[N+]C.[C-]#[N+]C.[W]. The smallest absolute Gasteiger partial charge is 0.205 e. The fraction of sp³-hybridized carbons (Fsp3) is 0.500. The largest absolute Gasteiger partial charge is 0.320 e. The Hall–Kier alpha value is -2.37. The summed E-state index contributed by atoms with van der Waals surface area (Å²) < 4.78 is 0. The molecule has 6 nitrogen and oxygen atoms in total. The van der Waals surface area contributed by atoms with Gasteiger partial charge < -0.3 is 29.1 Å². The molecule has 102 valence electrons. The summed E-state index contributed by atoms with van der Waals surface area (Å²) in [5.74, 6) is 0. The maximum Gasteiger partial charge on any atom is 0.205 e. The first kappa shape index (κ1) is 43.8. The van der Waals surface area contributed by atoms with E-state index in [-0.39, 0.29) is 21.1 Å². The molecule has 0 aromatic heterocycles. The van der Waals surface area contributed by atoms with E-state index in [9.17, 15) is 0 Å². The van der Waals surface area contributed by atoms with Crippen molar-refractivity contribution in [2.24, 2.45) is 0 Å². The second-order valence-electron chi connectivity index (χ2n) is 1.34. The average molecular weight is 430 g/mol. The van der Waals surface area contributed by atoms with Crippen LogP contribution in [-0.2, 0) is 21.1 Å². The quantitative estimate of drug-likeness (QED) is 0.528. The summed E-state index contributed by atoms with van der Waals surface area (Å²) in [4.78, 5) is 16.5. The van der Waals surface area contributed by atoms with Crippen molar-refractivity contribution < 1.29 is 21.1 Å². The van der Waals surface area contributed by atoms with Gasteiger partial charge in [-0.05, 0) is 0 Å². The number of hydrogen-bond donors (Lipinski definition) is 0. The Balaban J connectivity index is -0.0000000180. The first-order valence-corrected chi connectivity index (χ1v) is 4.02. The molecule has 0 bridgehead atoms. The molecule has 0 rings (SSSR count). The van der Waals surface area contributed by atoms with Crippen LogP contribution in [0.5, 0.6) is 0 Å². The number of rotatable bonds is 0. The molecular formula is C12H18N6W. The summed E-state index contributed by atoms with van der Waals surface area (Å²) in [6.07, 6.45) is 0. The Bertz CT molecular complexity index is 244. The first-order chi connectivity index (χ1) is 8.49. The van der Waals surface area contributed by atoms with Crippen LogP contribution in [0.2, 0.25) is 0 Å².